The number of nitrogens with zero attached hydrogens (tertiary/aromatic N) is 1. The van der Waals surface area contributed by atoms with E-state index in [0.717, 1.165) is 6.08 Å². The highest BCUT2D eigenvalue weighted by molar-refractivity contribution is 7.92. The predicted octanol–water partition coefficient (Wildman–Crippen LogP) is 2.03. The van der Waals surface area contributed by atoms with Crippen molar-refractivity contribution in [1.29, 1.82) is 0 Å². The van der Waals surface area contributed by atoms with E-state index in [9.17, 15) is 18.5 Å². The highest BCUT2D eigenvalue weighted by Crippen LogP contribution is 2.17. The first-order valence-corrected chi connectivity index (χ1v) is 6.64. The van der Waals surface area contributed by atoms with Crippen LogP contribution in [0, 0.1) is 10.1 Å². The molecule has 0 radical (unpaired) electrons. The summed E-state index contributed by atoms with van der Waals surface area (Å²) in [6.45, 7) is 1.78. The Morgan fingerprint density at radius 2 is 1.94 bits per heavy atom. The van der Waals surface area contributed by atoms with Crippen molar-refractivity contribution in [3.8, 4) is 0 Å². The summed E-state index contributed by atoms with van der Waals surface area (Å²) in [6.07, 6.45) is 3.14. The third-order valence-electron chi connectivity index (χ3n) is 2.13. The van der Waals surface area contributed by atoms with Crippen molar-refractivity contribution in [3.05, 3.63) is 52.6 Å². The molecular formula is C11H13NO4S. The van der Waals surface area contributed by atoms with Crippen LogP contribution in [0.4, 0.5) is 0 Å². The van der Waals surface area contributed by atoms with Crippen molar-refractivity contribution in [2.75, 3.05) is 0 Å². The van der Waals surface area contributed by atoms with Crippen molar-refractivity contribution in [3.63, 3.8) is 0 Å². The second-order valence-electron chi connectivity index (χ2n) is 3.37. The Morgan fingerprint density at radius 3 is 2.41 bits per heavy atom. The number of sulfone groups is 1. The average molecular weight is 255 g/mol. The van der Waals surface area contributed by atoms with Gasteiger partial charge in [-0.3, -0.25) is 10.1 Å². The highest BCUT2D eigenvalue weighted by atomic mass is 32.2. The summed E-state index contributed by atoms with van der Waals surface area (Å²) >= 11 is 0. The topological polar surface area (TPSA) is 77.3 Å². The predicted molar refractivity (Wildman–Crippen MR) is 63.8 cm³/mol. The van der Waals surface area contributed by atoms with Gasteiger partial charge in [0.2, 0.25) is 0 Å². The van der Waals surface area contributed by atoms with E-state index in [1.165, 1.54) is 30.3 Å². The molecule has 0 aliphatic rings. The fourth-order valence-corrected chi connectivity index (χ4v) is 2.65. The van der Waals surface area contributed by atoms with Crippen LogP contribution in [0.25, 0.3) is 0 Å². The maximum Gasteiger partial charge on any atom is 0.332 e. The molecule has 0 aliphatic carbocycles. The van der Waals surface area contributed by atoms with Crippen molar-refractivity contribution in [2.24, 2.45) is 0 Å². The van der Waals surface area contributed by atoms with Crippen molar-refractivity contribution >= 4 is 9.84 Å². The number of nitro groups is 1. The largest absolute Gasteiger partial charge is 0.332 e. The maximum atomic E-state index is 12.0. The van der Waals surface area contributed by atoms with Gasteiger partial charge in [0.05, 0.1) is 4.90 Å². The first-order chi connectivity index (χ1) is 8.00. The van der Waals surface area contributed by atoms with Crippen LogP contribution in [0.15, 0.2) is 47.4 Å². The molecular weight excluding hydrogens is 242 g/mol. The Kier molecular flexibility index (Phi) is 4.39. The van der Waals surface area contributed by atoms with Crippen LogP contribution in [-0.4, -0.2) is 18.7 Å². The van der Waals surface area contributed by atoms with E-state index < -0.39 is 20.1 Å². The zero-order chi connectivity index (χ0) is 12.9. The zero-order valence-electron chi connectivity index (χ0n) is 9.31. The summed E-state index contributed by atoms with van der Waals surface area (Å²) in [5, 5.41) is 9.08. The van der Waals surface area contributed by atoms with Crippen LogP contribution >= 0.6 is 0 Å². The third kappa shape index (κ3) is 3.13. The molecule has 0 N–H and O–H groups in total. The van der Waals surface area contributed by atoms with E-state index in [2.05, 4.69) is 0 Å². The number of hydrogen-bond acceptors (Lipinski definition) is 4. The van der Waals surface area contributed by atoms with Gasteiger partial charge < -0.3 is 0 Å². The molecule has 17 heavy (non-hydrogen) atoms. The second-order valence-corrected chi connectivity index (χ2v) is 5.41. The standard InChI is InChI=1S/C11H13NO4S/c1-2-3-9-11(12(13)14)17(15,16)10-7-5-4-6-8-10/h3-9,11H,2H2,1H3/b9-3+. The van der Waals surface area contributed by atoms with Crippen molar-refractivity contribution < 1.29 is 13.3 Å². The molecule has 0 saturated heterocycles. The lowest BCUT2D eigenvalue weighted by Gasteiger charge is -2.06. The number of hydrogen-bond donors (Lipinski definition) is 0. The smallest absolute Gasteiger partial charge is 0.263 e. The minimum Gasteiger partial charge on any atom is -0.263 e. The maximum absolute atomic E-state index is 12.0. The summed E-state index contributed by atoms with van der Waals surface area (Å²) in [5.41, 5.74) is 0. The van der Waals surface area contributed by atoms with Gasteiger partial charge in [0, 0.05) is 11.0 Å². The molecule has 0 aromatic heterocycles. The van der Waals surface area contributed by atoms with Gasteiger partial charge in [-0.2, -0.15) is 0 Å². The van der Waals surface area contributed by atoms with Crippen LogP contribution in [0.5, 0.6) is 0 Å². The molecule has 0 bridgehead atoms. The number of benzene rings is 1. The fraction of sp³-hybridized carbons (Fsp3) is 0.273. The zero-order valence-corrected chi connectivity index (χ0v) is 10.1. The molecule has 0 amide bonds. The number of allylic oxidation sites excluding steroid dienone is 1. The van der Waals surface area contributed by atoms with E-state index in [1.54, 1.807) is 13.0 Å². The summed E-state index contributed by atoms with van der Waals surface area (Å²) in [5.74, 6) is 0. The molecule has 1 aromatic carbocycles. The van der Waals surface area contributed by atoms with Gasteiger partial charge in [0.25, 0.3) is 9.84 Å². The van der Waals surface area contributed by atoms with E-state index in [0.29, 0.717) is 6.42 Å². The molecule has 0 heterocycles. The van der Waals surface area contributed by atoms with Crippen LogP contribution < -0.4 is 0 Å². The minimum absolute atomic E-state index is 0.0394. The van der Waals surface area contributed by atoms with Gasteiger partial charge in [-0.25, -0.2) is 8.42 Å². The molecule has 0 aliphatic heterocycles. The highest BCUT2D eigenvalue weighted by Gasteiger charge is 2.34. The SMILES string of the molecule is CC/C=C/C([N+](=O)[O-])S(=O)(=O)c1ccccc1. The minimum atomic E-state index is -3.96. The van der Waals surface area contributed by atoms with E-state index in [4.69, 9.17) is 0 Å². The molecule has 0 spiro atoms. The molecule has 6 heteroatoms. The van der Waals surface area contributed by atoms with E-state index in [-0.39, 0.29) is 4.90 Å². The van der Waals surface area contributed by atoms with Crippen LogP contribution in [0.2, 0.25) is 0 Å². The quantitative estimate of drug-likeness (QED) is 0.458. The lowest BCUT2D eigenvalue weighted by atomic mass is 10.4. The molecule has 1 unspecified atom stereocenters. The monoisotopic (exact) mass is 255 g/mol. The Labute approximate surface area is 99.8 Å². The molecule has 1 aromatic rings. The first kappa shape index (κ1) is 13.4. The first-order valence-electron chi connectivity index (χ1n) is 5.09. The molecule has 0 fully saturated rings. The van der Waals surface area contributed by atoms with Gasteiger partial charge >= 0.3 is 5.37 Å². The summed E-state index contributed by atoms with van der Waals surface area (Å²) in [4.78, 5) is 9.96. The Balaban J connectivity index is 3.19. The second kappa shape index (κ2) is 5.58. The lowest BCUT2D eigenvalue weighted by molar-refractivity contribution is -0.485. The van der Waals surface area contributed by atoms with E-state index >= 15 is 0 Å². The Morgan fingerprint density at radius 1 is 1.35 bits per heavy atom. The van der Waals surface area contributed by atoms with Gasteiger partial charge in [0.1, 0.15) is 0 Å². The molecule has 1 rings (SSSR count). The lowest BCUT2D eigenvalue weighted by Crippen LogP contribution is -2.27. The van der Waals surface area contributed by atoms with Gasteiger partial charge in [-0.15, -0.1) is 0 Å². The summed E-state index contributed by atoms with van der Waals surface area (Å²) in [6, 6.07) is 7.43. The van der Waals surface area contributed by atoms with Crippen LogP contribution in [-0.2, 0) is 9.84 Å². The fourth-order valence-electron chi connectivity index (χ4n) is 1.29. The normalized spacial score (nSPS) is 13.7. The van der Waals surface area contributed by atoms with E-state index in [1.807, 2.05) is 0 Å². The van der Waals surface area contributed by atoms with Crippen LogP contribution in [0.1, 0.15) is 13.3 Å². The molecule has 1 atom stereocenters. The van der Waals surface area contributed by atoms with Gasteiger partial charge in [0.15, 0.2) is 0 Å². The number of rotatable bonds is 5. The molecule has 92 valence electrons. The molecule has 5 nitrogen and oxygen atoms in total. The summed E-state index contributed by atoms with van der Waals surface area (Å²) < 4.78 is 24.0. The third-order valence-corrected chi connectivity index (χ3v) is 4.03. The van der Waals surface area contributed by atoms with Gasteiger partial charge in [-0.05, 0) is 18.6 Å². The van der Waals surface area contributed by atoms with Gasteiger partial charge in [-0.1, -0.05) is 31.2 Å². The van der Waals surface area contributed by atoms with Crippen molar-refractivity contribution in [2.45, 2.75) is 23.6 Å². The van der Waals surface area contributed by atoms with Crippen molar-refractivity contribution in [1.82, 2.24) is 0 Å². The Hall–Kier alpha value is -1.69. The molecule has 0 saturated carbocycles. The Bertz CT molecular complexity index is 508. The van der Waals surface area contributed by atoms with Crippen LogP contribution in [0.3, 0.4) is 0 Å². The average Bonchev–Trinajstić information content (AvgIpc) is 2.30. The summed E-state index contributed by atoms with van der Waals surface area (Å²) in [7, 11) is -3.96.